The molecule has 3 heterocycles. The van der Waals surface area contributed by atoms with Crippen LogP contribution in [-0.2, 0) is 6.54 Å². The average Bonchev–Trinajstić information content (AvgIpc) is 3.21. The lowest BCUT2D eigenvalue weighted by Gasteiger charge is -2.38. The molecule has 4 nitrogen and oxygen atoms in total. The summed E-state index contributed by atoms with van der Waals surface area (Å²) >= 11 is 1.80. The molecule has 0 bridgehead atoms. The number of nitrogens with zero attached hydrogens (tertiary/aromatic N) is 4. The molecule has 3 rings (SSSR count). The summed E-state index contributed by atoms with van der Waals surface area (Å²) in [7, 11) is 0. The Labute approximate surface area is 131 Å². The molecule has 0 saturated carbocycles. The fourth-order valence-corrected chi connectivity index (χ4v) is 3.74. The van der Waals surface area contributed by atoms with Gasteiger partial charge in [0.25, 0.3) is 0 Å². The number of aryl methyl sites for hydroxylation is 1. The number of aromatic nitrogens is 2. The van der Waals surface area contributed by atoms with Crippen LogP contribution in [0, 0.1) is 0 Å². The predicted octanol–water partition coefficient (Wildman–Crippen LogP) is 2.71. The molecule has 1 aliphatic rings. The Hall–Kier alpha value is -1.17. The van der Waals surface area contributed by atoms with Crippen molar-refractivity contribution < 1.29 is 0 Å². The first-order chi connectivity index (χ1) is 10.3. The average molecular weight is 304 g/mol. The third-order valence-corrected chi connectivity index (χ3v) is 5.13. The lowest BCUT2D eigenvalue weighted by atomic mass is 10.1. The zero-order valence-corrected chi connectivity index (χ0v) is 13.5. The Kier molecular flexibility index (Phi) is 5.06. The maximum Gasteiger partial charge on any atom is 0.0945 e. The van der Waals surface area contributed by atoms with E-state index >= 15 is 0 Å². The summed E-state index contributed by atoms with van der Waals surface area (Å²) in [5, 5.41) is 4.46. The molecule has 0 unspecified atom stereocenters. The van der Waals surface area contributed by atoms with Crippen molar-refractivity contribution >= 4 is 11.3 Å². The molecule has 0 radical (unpaired) electrons. The number of rotatable bonds is 6. The molecule has 1 aliphatic heterocycles. The first-order valence-electron chi connectivity index (χ1n) is 7.77. The minimum atomic E-state index is 0.560. The Morgan fingerprint density at radius 1 is 1.24 bits per heavy atom. The van der Waals surface area contributed by atoms with Gasteiger partial charge in [-0.05, 0) is 42.3 Å². The molecular weight excluding hydrogens is 280 g/mol. The first kappa shape index (κ1) is 14.8. The Morgan fingerprint density at radius 3 is 2.76 bits per heavy atom. The van der Waals surface area contributed by atoms with Crippen molar-refractivity contribution in [3.8, 4) is 0 Å². The number of hydrogen-bond acceptors (Lipinski definition) is 4. The Morgan fingerprint density at radius 2 is 2.10 bits per heavy atom. The van der Waals surface area contributed by atoms with E-state index in [0.717, 1.165) is 6.54 Å². The largest absolute Gasteiger partial charge is 0.337 e. The van der Waals surface area contributed by atoms with Gasteiger partial charge in [-0.3, -0.25) is 4.90 Å². The monoisotopic (exact) mass is 304 g/mol. The van der Waals surface area contributed by atoms with Crippen LogP contribution in [-0.4, -0.2) is 52.1 Å². The maximum atomic E-state index is 4.08. The van der Waals surface area contributed by atoms with E-state index in [0.29, 0.717) is 6.04 Å². The van der Waals surface area contributed by atoms with Gasteiger partial charge in [-0.1, -0.05) is 0 Å². The van der Waals surface area contributed by atoms with Crippen LogP contribution in [0.1, 0.15) is 24.9 Å². The van der Waals surface area contributed by atoms with Crippen LogP contribution in [0.4, 0.5) is 0 Å². The number of piperazine rings is 1. The Bertz CT molecular complexity index is 500. The fraction of sp³-hybridized carbons (Fsp3) is 0.562. The van der Waals surface area contributed by atoms with Crippen LogP contribution in [0.25, 0.3) is 0 Å². The zero-order chi connectivity index (χ0) is 14.5. The summed E-state index contributed by atoms with van der Waals surface area (Å²) in [6.45, 7) is 9.35. The van der Waals surface area contributed by atoms with Gasteiger partial charge in [-0.2, -0.15) is 11.3 Å². The van der Waals surface area contributed by atoms with E-state index in [9.17, 15) is 0 Å². The molecule has 0 N–H and O–H groups in total. The number of hydrogen-bond donors (Lipinski definition) is 0. The van der Waals surface area contributed by atoms with Crippen molar-refractivity contribution in [2.24, 2.45) is 0 Å². The minimum absolute atomic E-state index is 0.560. The molecule has 114 valence electrons. The van der Waals surface area contributed by atoms with Crippen LogP contribution >= 0.6 is 11.3 Å². The van der Waals surface area contributed by atoms with Gasteiger partial charge in [0.2, 0.25) is 0 Å². The number of thiophene rings is 1. The van der Waals surface area contributed by atoms with E-state index in [4.69, 9.17) is 0 Å². The Balaban J connectivity index is 1.38. The van der Waals surface area contributed by atoms with Crippen molar-refractivity contribution in [3.63, 3.8) is 0 Å². The van der Waals surface area contributed by atoms with Crippen LogP contribution < -0.4 is 0 Å². The summed E-state index contributed by atoms with van der Waals surface area (Å²) in [5.41, 5.74) is 1.47. The van der Waals surface area contributed by atoms with E-state index in [-0.39, 0.29) is 0 Å². The molecular formula is C16H24N4S. The molecule has 2 aromatic heterocycles. The van der Waals surface area contributed by atoms with E-state index in [1.54, 1.807) is 11.3 Å². The van der Waals surface area contributed by atoms with E-state index < -0.39 is 0 Å². The quantitative estimate of drug-likeness (QED) is 0.820. The molecule has 0 aromatic carbocycles. The van der Waals surface area contributed by atoms with Crippen molar-refractivity contribution in [2.75, 3.05) is 32.7 Å². The van der Waals surface area contributed by atoms with Crippen LogP contribution in [0.2, 0.25) is 0 Å². The van der Waals surface area contributed by atoms with Crippen molar-refractivity contribution in [2.45, 2.75) is 25.9 Å². The summed E-state index contributed by atoms with van der Waals surface area (Å²) in [6, 6.07) is 2.82. The first-order valence-corrected chi connectivity index (χ1v) is 8.71. The van der Waals surface area contributed by atoms with E-state index in [1.165, 1.54) is 44.7 Å². The second kappa shape index (κ2) is 7.20. The van der Waals surface area contributed by atoms with E-state index in [2.05, 4.69) is 43.1 Å². The lowest BCUT2D eigenvalue weighted by Crippen LogP contribution is -2.47. The van der Waals surface area contributed by atoms with E-state index in [1.807, 2.05) is 18.7 Å². The van der Waals surface area contributed by atoms with Gasteiger partial charge in [-0.15, -0.1) is 0 Å². The van der Waals surface area contributed by atoms with Crippen molar-refractivity contribution in [1.82, 2.24) is 19.4 Å². The molecule has 0 aliphatic carbocycles. The molecule has 1 atom stereocenters. The second-order valence-corrected chi connectivity index (χ2v) is 6.54. The summed E-state index contributed by atoms with van der Waals surface area (Å²) < 4.78 is 2.16. The third kappa shape index (κ3) is 3.93. The zero-order valence-electron chi connectivity index (χ0n) is 12.7. The molecule has 0 spiro atoms. The second-order valence-electron chi connectivity index (χ2n) is 5.76. The molecule has 0 amide bonds. The maximum absolute atomic E-state index is 4.08. The molecule has 2 aromatic rings. The summed E-state index contributed by atoms with van der Waals surface area (Å²) in [4.78, 5) is 9.28. The highest BCUT2D eigenvalue weighted by Crippen LogP contribution is 2.23. The molecule has 1 saturated heterocycles. The van der Waals surface area contributed by atoms with Gasteiger partial charge in [0, 0.05) is 51.2 Å². The highest BCUT2D eigenvalue weighted by Gasteiger charge is 2.21. The SMILES string of the molecule is C[C@@H](c1ccsc1)N1CCN(CCCn2ccnc2)CC1. The fourth-order valence-electron chi connectivity index (χ4n) is 2.99. The topological polar surface area (TPSA) is 24.3 Å². The smallest absolute Gasteiger partial charge is 0.0945 e. The summed E-state index contributed by atoms with van der Waals surface area (Å²) in [5.74, 6) is 0. The number of imidazole rings is 1. The molecule has 21 heavy (non-hydrogen) atoms. The van der Waals surface area contributed by atoms with Crippen molar-refractivity contribution in [3.05, 3.63) is 41.1 Å². The van der Waals surface area contributed by atoms with Gasteiger partial charge >= 0.3 is 0 Å². The highest BCUT2D eigenvalue weighted by atomic mass is 32.1. The normalized spacial score (nSPS) is 18.9. The van der Waals surface area contributed by atoms with Crippen molar-refractivity contribution in [1.29, 1.82) is 0 Å². The van der Waals surface area contributed by atoms with Gasteiger partial charge in [0.1, 0.15) is 0 Å². The third-order valence-electron chi connectivity index (χ3n) is 4.43. The highest BCUT2D eigenvalue weighted by molar-refractivity contribution is 7.07. The molecule has 1 fully saturated rings. The van der Waals surface area contributed by atoms with Crippen LogP contribution in [0.3, 0.4) is 0 Å². The van der Waals surface area contributed by atoms with Crippen LogP contribution in [0.15, 0.2) is 35.5 Å². The molecule has 5 heteroatoms. The van der Waals surface area contributed by atoms with Gasteiger partial charge in [-0.25, -0.2) is 4.98 Å². The van der Waals surface area contributed by atoms with Gasteiger partial charge in [0.15, 0.2) is 0 Å². The summed E-state index contributed by atoms with van der Waals surface area (Å²) in [6.07, 6.45) is 7.00. The standard InChI is InChI=1S/C16H24N4S/c1-15(16-3-12-21-13-16)20-10-8-18(9-11-20)5-2-6-19-7-4-17-14-19/h3-4,7,12-15H,2,5-6,8-11H2,1H3/t15-/m0/s1. The minimum Gasteiger partial charge on any atom is -0.337 e. The van der Waals surface area contributed by atoms with Crippen LogP contribution in [0.5, 0.6) is 0 Å². The lowest BCUT2D eigenvalue weighted by molar-refractivity contribution is 0.101. The van der Waals surface area contributed by atoms with Gasteiger partial charge in [0.05, 0.1) is 6.33 Å². The predicted molar refractivity (Wildman–Crippen MR) is 87.6 cm³/mol. The van der Waals surface area contributed by atoms with Gasteiger partial charge < -0.3 is 9.47 Å².